The van der Waals surface area contributed by atoms with Gasteiger partial charge in [0.05, 0.1) is 18.7 Å². The number of hydrogen-bond donors (Lipinski definition) is 0. The van der Waals surface area contributed by atoms with Crippen molar-refractivity contribution in [1.82, 2.24) is 0 Å². The van der Waals surface area contributed by atoms with Crippen molar-refractivity contribution in [3.05, 3.63) is 40.0 Å². The molecule has 0 aromatic heterocycles. The molecule has 0 aliphatic carbocycles. The van der Waals surface area contributed by atoms with Crippen molar-refractivity contribution in [3.8, 4) is 17.6 Å². The molecule has 16 heavy (non-hydrogen) atoms. The molecule has 0 heterocycles. The minimum Gasteiger partial charge on any atom is -0.493 e. The average Bonchev–Trinajstić information content (AvgIpc) is 2.28. The molecule has 0 atom stereocenters. The molecule has 82 valence electrons. The van der Waals surface area contributed by atoms with Crippen molar-refractivity contribution >= 4 is 0 Å². The largest absolute Gasteiger partial charge is 0.493 e. The Hall–Kier alpha value is -2.18. The zero-order valence-corrected chi connectivity index (χ0v) is 8.77. The Morgan fingerprint density at radius 2 is 2.38 bits per heavy atom. The van der Waals surface area contributed by atoms with Crippen LogP contribution in [-0.4, -0.2) is 13.2 Å². The van der Waals surface area contributed by atoms with Crippen LogP contribution in [-0.2, 0) is 0 Å². The van der Waals surface area contributed by atoms with E-state index in [1.54, 1.807) is 0 Å². The molecular formula is C11H10FN3O. The molecule has 0 spiro atoms. The van der Waals surface area contributed by atoms with Crippen LogP contribution in [0.15, 0.2) is 23.3 Å². The van der Waals surface area contributed by atoms with Crippen LogP contribution < -0.4 is 4.74 Å². The summed E-state index contributed by atoms with van der Waals surface area (Å²) >= 11 is 0. The summed E-state index contributed by atoms with van der Waals surface area (Å²) in [5, 5.41) is 3.26. The summed E-state index contributed by atoms with van der Waals surface area (Å²) in [6.07, 6.45) is 0. The summed E-state index contributed by atoms with van der Waals surface area (Å²) in [5.74, 6) is 5.45. The van der Waals surface area contributed by atoms with Crippen LogP contribution in [0.4, 0.5) is 4.39 Å². The van der Waals surface area contributed by atoms with E-state index in [9.17, 15) is 4.39 Å². The van der Waals surface area contributed by atoms with Crippen molar-refractivity contribution in [2.75, 3.05) is 13.2 Å². The van der Waals surface area contributed by atoms with Gasteiger partial charge in [0.1, 0.15) is 11.6 Å². The summed E-state index contributed by atoms with van der Waals surface area (Å²) in [7, 11) is 0. The molecule has 1 aromatic carbocycles. The van der Waals surface area contributed by atoms with Gasteiger partial charge in [0.15, 0.2) is 0 Å². The average molecular weight is 219 g/mol. The van der Waals surface area contributed by atoms with E-state index in [1.807, 2.05) is 6.92 Å². The van der Waals surface area contributed by atoms with Crippen LogP contribution in [0.25, 0.3) is 10.4 Å². The van der Waals surface area contributed by atoms with Crippen LogP contribution in [0.3, 0.4) is 0 Å². The first-order valence-corrected chi connectivity index (χ1v) is 4.70. The number of ether oxygens (including phenoxy) is 1. The maximum Gasteiger partial charge on any atom is 0.135 e. The lowest BCUT2D eigenvalue weighted by molar-refractivity contribution is 0.338. The Kier molecular flexibility index (Phi) is 4.71. The minimum absolute atomic E-state index is 0.0541. The van der Waals surface area contributed by atoms with Gasteiger partial charge in [-0.2, -0.15) is 0 Å². The Morgan fingerprint density at radius 3 is 3.06 bits per heavy atom. The second-order valence-corrected chi connectivity index (χ2v) is 2.76. The molecule has 5 heteroatoms. The van der Waals surface area contributed by atoms with E-state index in [4.69, 9.17) is 10.3 Å². The molecule has 0 fully saturated rings. The molecule has 1 aromatic rings. The number of benzene rings is 1. The molecule has 0 bridgehead atoms. The Bertz CT molecular complexity index is 470. The maximum atomic E-state index is 13.0. The van der Waals surface area contributed by atoms with Gasteiger partial charge in [-0.15, -0.1) is 0 Å². The smallest absolute Gasteiger partial charge is 0.135 e. The van der Waals surface area contributed by atoms with Crippen molar-refractivity contribution in [3.63, 3.8) is 0 Å². The first kappa shape index (κ1) is 11.9. The molecule has 1 rings (SSSR count). The zero-order chi connectivity index (χ0) is 11.8. The van der Waals surface area contributed by atoms with E-state index < -0.39 is 0 Å². The normalized spacial score (nSPS) is 8.62. The quantitative estimate of drug-likeness (QED) is 0.333. The molecule has 0 saturated heterocycles. The van der Waals surface area contributed by atoms with Gasteiger partial charge >= 0.3 is 0 Å². The van der Waals surface area contributed by atoms with Gasteiger partial charge in [0, 0.05) is 4.91 Å². The van der Waals surface area contributed by atoms with E-state index >= 15 is 0 Å². The highest BCUT2D eigenvalue weighted by Crippen LogP contribution is 2.18. The van der Waals surface area contributed by atoms with E-state index in [0.717, 1.165) is 0 Å². The van der Waals surface area contributed by atoms with Crippen molar-refractivity contribution in [1.29, 1.82) is 0 Å². The van der Waals surface area contributed by atoms with Gasteiger partial charge in [-0.05, 0) is 30.7 Å². The lowest BCUT2D eigenvalue weighted by atomic mass is 10.2. The van der Waals surface area contributed by atoms with Gasteiger partial charge in [-0.1, -0.05) is 17.0 Å². The van der Waals surface area contributed by atoms with Crippen LogP contribution in [0.5, 0.6) is 5.75 Å². The highest BCUT2D eigenvalue weighted by Gasteiger charge is 2.01. The highest BCUT2D eigenvalue weighted by atomic mass is 19.1. The number of halogens is 1. The SMILES string of the molecule is CCOc1ccc(F)cc1C#CCN=[N+]=[N-]. The zero-order valence-electron chi connectivity index (χ0n) is 8.77. The molecule has 0 saturated carbocycles. The fourth-order valence-corrected chi connectivity index (χ4v) is 1.08. The lowest BCUT2D eigenvalue weighted by Gasteiger charge is -2.04. The number of rotatable bonds is 3. The van der Waals surface area contributed by atoms with Gasteiger partial charge in [-0.25, -0.2) is 4.39 Å². The molecular weight excluding hydrogens is 209 g/mol. The predicted octanol–water partition coefficient (Wildman–Crippen LogP) is 2.89. The van der Waals surface area contributed by atoms with Gasteiger partial charge in [-0.3, -0.25) is 0 Å². The molecule has 0 aliphatic heterocycles. The van der Waals surface area contributed by atoms with Gasteiger partial charge < -0.3 is 4.74 Å². The van der Waals surface area contributed by atoms with Crippen LogP contribution in [0.1, 0.15) is 12.5 Å². The molecule has 0 aliphatic rings. The van der Waals surface area contributed by atoms with Crippen LogP contribution in [0.2, 0.25) is 0 Å². The molecule has 0 unspecified atom stereocenters. The number of azide groups is 1. The van der Waals surface area contributed by atoms with Crippen molar-refractivity contribution < 1.29 is 9.13 Å². The van der Waals surface area contributed by atoms with Crippen molar-refractivity contribution in [2.45, 2.75) is 6.92 Å². The maximum absolute atomic E-state index is 13.0. The third kappa shape index (κ3) is 3.52. The predicted molar refractivity (Wildman–Crippen MR) is 58.5 cm³/mol. The first-order chi connectivity index (χ1) is 7.77. The molecule has 4 nitrogen and oxygen atoms in total. The Morgan fingerprint density at radius 1 is 1.56 bits per heavy atom. The summed E-state index contributed by atoms with van der Waals surface area (Å²) in [6, 6.07) is 4.12. The van der Waals surface area contributed by atoms with E-state index in [1.165, 1.54) is 18.2 Å². The Balaban J connectivity index is 2.93. The number of hydrogen-bond acceptors (Lipinski definition) is 2. The fraction of sp³-hybridized carbons (Fsp3) is 0.273. The minimum atomic E-state index is -0.378. The summed E-state index contributed by atoms with van der Waals surface area (Å²) < 4.78 is 18.2. The van der Waals surface area contributed by atoms with Crippen LogP contribution in [0, 0.1) is 17.7 Å². The second kappa shape index (κ2) is 6.33. The highest BCUT2D eigenvalue weighted by molar-refractivity contribution is 5.46. The molecule has 0 amide bonds. The van der Waals surface area contributed by atoms with Gasteiger partial charge in [0.25, 0.3) is 0 Å². The lowest BCUT2D eigenvalue weighted by Crippen LogP contribution is -1.94. The van der Waals surface area contributed by atoms with Crippen molar-refractivity contribution in [2.24, 2.45) is 5.11 Å². The van der Waals surface area contributed by atoms with Crippen LogP contribution >= 0.6 is 0 Å². The third-order valence-electron chi connectivity index (χ3n) is 1.68. The summed E-state index contributed by atoms with van der Waals surface area (Å²) in [4.78, 5) is 2.56. The number of nitrogens with zero attached hydrogens (tertiary/aromatic N) is 3. The second-order valence-electron chi connectivity index (χ2n) is 2.76. The summed E-state index contributed by atoms with van der Waals surface area (Å²) in [5.41, 5.74) is 8.51. The monoisotopic (exact) mass is 219 g/mol. The topological polar surface area (TPSA) is 58.0 Å². The summed E-state index contributed by atoms with van der Waals surface area (Å²) in [6.45, 7) is 2.37. The standard InChI is InChI=1S/C11H10FN3O/c1-2-16-11-6-5-10(12)8-9(11)4-3-7-14-15-13/h5-6,8H,2,7H2,1H3. The first-order valence-electron chi connectivity index (χ1n) is 4.70. The Labute approximate surface area is 92.7 Å². The fourth-order valence-electron chi connectivity index (χ4n) is 1.08. The van der Waals surface area contributed by atoms with E-state index in [0.29, 0.717) is 17.9 Å². The molecule has 0 radical (unpaired) electrons. The third-order valence-corrected chi connectivity index (χ3v) is 1.68. The van der Waals surface area contributed by atoms with E-state index in [-0.39, 0.29) is 12.4 Å². The molecule has 0 N–H and O–H groups in total. The van der Waals surface area contributed by atoms with E-state index in [2.05, 4.69) is 21.9 Å². The van der Waals surface area contributed by atoms with Gasteiger partial charge in [0.2, 0.25) is 0 Å².